The number of rotatable bonds is 9. The Balaban J connectivity index is 1.77. The van der Waals surface area contributed by atoms with E-state index in [4.69, 9.17) is 4.74 Å². The van der Waals surface area contributed by atoms with Gasteiger partial charge in [0.2, 0.25) is 5.91 Å². The van der Waals surface area contributed by atoms with Gasteiger partial charge in [-0.15, -0.1) is 11.3 Å². The summed E-state index contributed by atoms with van der Waals surface area (Å²) in [6, 6.07) is 18.3. The molecule has 0 aliphatic rings. The first kappa shape index (κ1) is 21.1. The molecular weight excluding hydrogens is 380 g/mol. The van der Waals surface area contributed by atoms with E-state index in [-0.39, 0.29) is 5.91 Å². The SMILES string of the molecule is CCc1cccc(C)c1NC(=O)CN(Cc1cccs1)Cc1ccccc1OC. The number of carbonyl (C=O) groups is 1. The molecular formula is C24H28N2O2S. The number of para-hydroxylation sites is 2. The van der Waals surface area contributed by atoms with Gasteiger partial charge in [0, 0.05) is 29.2 Å². The number of carbonyl (C=O) groups excluding carboxylic acids is 1. The van der Waals surface area contributed by atoms with Crippen molar-refractivity contribution in [2.45, 2.75) is 33.4 Å². The van der Waals surface area contributed by atoms with Crippen LogP contribution in [-0.4, -0.2) is 24.5 Å². The predicted molar refractivity (Wildman–Crippen MR) is 121 cm³/mol. The minimum atomic E-state index is 0.000420. The van der Waals surface area contributed by atoms with Gasteiger partial charge in [-0.2, -0.15) is 0 Å². The highest BCUT2D eigenvalue weighted by Gasteiger charge is 2.16. The Bertz CT molecular complexity index is 938. The Morgan fingerprint density at radius 2 is 1.83 bits per heavy atom. The van der Waals surface area contributed by atoms with Gasteiger partial charge in [0.05, 0.1) is 13.7 Å². The van der Waals surface area contributed by atoms with Crippen molar-refractivity contribution in [2.24, 2.45) is 0 Å². The number of anilines is 1. The highest BCUT2D eigenvalue weighted by molar-refractivity contribution is 7.09. The Kier molecular flexibility index (Phi) is 7.44. The van der Waals surface area contributed by atoms with Crippen LogP contribution in [0.2, 0.25) is 0 Å². The first-order valence-corrected chi connectivity index (χ1v) is 10.7. The van der Waals surface area contributed by atoms with Crippen LogP contribution < -0.4 is 10.1 Å². The van der Waals surface area contributed by atoms with Crippen LogP contribution in [-0.2, 0) is 24.3 Å². The lowest BCUT2D eigenvalue weighted by molar-refractivity contribution is -0.117. The smallest absolute Gasteiger partial charge is 0.238 e. The van der Waals surface area contributed by atoms with Gasteiger partial charge in [-0.3, -0.25) is 9.69 Å². The molecule has 0 fully saturated rings. The largest absolute Gasteiger partial charge is 0.496 e. The van der Waals surface area contributed by atoms with E-state index in [1.165, 1.54) is 4.88 Å². The first-order chi connectivity index (χ1) is 14.1. The van der Waals surface area contributed by atoms with E-state index in [9.17, 15) is 4.79 Å². The zero-order valence-electron chi connectivity index (χ0n) is 17.3. The van der Waals surface area contributed by atoms with Crippen LogP contribution in [0.5, 0.6) is 5.75 Å². The number of hydrogen-bond donors (Lipinski definition) is 1. The lowest BCUT2D eigenvalue weighted by Crippen LogP contribution is -2.32. The van der Waals surface area contributed by atoms with Gasteiger partial charge in [0.15, 0.2) is 0 Å². The van der Waals surface area contributed by atoms with Crippen LogP contribution in [0.15, 0.2) is 60.0 Å². The third-order valence-electron chi connectivity index (χ3n) is 4.92. The summed E-state index contributed by atoms with van der Waals surface area (Å²) in [7, 11) is 1.68. The molecule has 2 aromatic carbocycles. The number of hydrogen-bond acceptors (Lipinski definition) is 4. The van der Waals surface area contributed by atoms with E-state index in [1.54, 1.807) is 18.4 Å². The minimum Gasteiger partial charge on any atom is -0.496 e. The van der Waals surface area contributed by atoms with E-state index < -0.39 is 0 Å². The molecule has 4 nitrogen and oxygen atoms in total. The monoisotopic (exact) mass is 408 g/mol. The molecule has 1 N–H and O–H groups in total. The maximum absolute atomic E-state index is 12.9. The maximum atomic E-state index is 12.9. The number of ether oxygens (including phenoxy) is 1. The normalized spacial score (nSPS) is 10.9. The molecule has 152 valence electrons. The molecule has 0 saturated carbocycles. The summed E-state index contributed by atoms with van der Waals surface area (Å²) >= 11 is 1.71. The van der Waals surface area contributed by atoms with Crippen molar-refractivity contribution < 1.29 is 9.53 Å². The fourth-order valence-electron chi connectivity index (χ4n) is 3.45. The fraction of sp³-hybridized carbons (Fsp3) is 0.292. The van der Waals surface area contributed by atoms with Crippen LogP contribution in [0.3, 0.4) is 0 Å². The molecule has 5 heteroatoms. The number of benzene rings is 2. The second kappa shape index (κ2) is 10.2. The van der Waals surface area contributed by atoms with Crippen molar-refractivity contribution in [3.05, 3.63) is 81.5 Å². The Labute approximate surface area is 177 Å². The standard InChI is InChI=1S/C24H28N2O2S/c1-4-19-11-7-9-18(2)24(19)25-23(27)17-26(16-21-12-8-14-29-21)15-20-10-5-6-13-22(20)28-3/h5-14H,4,15-17H2,1-3H3,(H,25,27). The van der Waals surface area contributed by atoms with Gasteiger partial charge in [0.1, 0.15) is 5.75 Å². The van der Waals surface area contributed by atoms with Gasteiger partial charge in [-0.1, -0.05) is 49.4 Å². The summed E-state index contributed by atoms with van der Waals surface area (Å²) in [4.78, 5) is 16.3. The van der Waals surface area contributed by atoms with Gasteiger partial charge in [-0.05, 0) is 42.0 Å². The zero-order valence-corrected chi connectivity index (χ0v) is 18.1. The van der Waals surface area contributed by atoms with Crippen molar-refractivity contribution in [3.8, 4) is 5.75 Å². The number of thiophene rings is 1. The van der Waals surface area contributed by atoms with Crippen molar-refractivity contribution in [1.29, 1.82) is 0 Å². The topological polar surface area (TPSA) is 41.6 Å². The van der Waals surface area contributed by atoms with E-state index >= 15 is 0 Å². The zero-order chi connectivity index (χ0) is 20.6. The average Bonchev–Trinajstić information content (AvgIpc) is 3.23. The lowest BCUT2D eigenvalue weighted by atomic mass is 10.1. The predicted octanol–water partition coefficient (Wildman–Crippen LogP) is 5.27. The van der Waals surface area contributed by atoms with Crippen molar-refractivity contribution in [3.63, 3.8) is 0 Å². The average molecular weight is 409 g/mol. The second-order valence-corrected chi connectivity index (χ2v) is 8.08. The highest BCUT2D eigenvalue weighted by atomic mass is 32.1. The van der Waals surface area contributed by atoms with Crippen LogP contribution in [0.1, 0.15) is 28.5 Å². The van der Waals surface area contributed by atoms with Gasteiger partial charge >= 0.3 is 0 Å². The summed E-state index contributed by atoms with van der Waals surface area (Å²) in [5, 5.41) is 5.21. The van der Waals surface area contributed by atoms with Crippen molar-refractivity contribution in [1.82, 2.24) is 4.90 Å². The van der Waals surface area contributed by atoms with Crippen LogP contribution in [0, 0.1) is 6.92 Å². The molecule has 3 rings (SSSR count). The summed E-state index contributed by atoms with van der Waals surface area (Å²) in [5.74, 6) is 0.844. The number of aryl methyl sites for hydroxylation is 2. The summed E-state index contributed by atoms with van der Waals surface area (Å²) in [6.07, 6.45) is 0.886. The van der Waals surface area contributed by atoms with Gasteiger partial charge in [-0.25, -0.2) is 0 Å². The summed E-state index contributed by atoms with van der Waals surface area (Å²) < 4.78 is 5.50. The molecule has 0 bridgehead atoms. The van der Waals surface area contributed by atoms with E-state index in [2.05, 4.69) is 40.7 Å². The molecule has 0 atom stereocenters. The number of methoxy groups -OCH3 is 1. The Morgan fingerprint density at radius 1 is 1.03 bits per heavy atom. The summed E-state index contributed by atoms with van der Waals surface area (Å²) in [6.45, 7) is 5.82. The number of amides is 1. The molecule has 1 aromatic heterocycles. The highest BCUT2D eigenvalue weighted by Crippen LogP contribution is 2.23. The third-order valence-corrected chi connectivity index (χ3v) is 5.78. The molecule has 0 radical (unpaired) electrons. The maximum Gasteiger partial charge on any atom is 0.238 e. The Morgan fingerprint density at radius 3 is 2.55 bits per heavy atom. The Hall–Kier alpha value is -2.63. The molecule has 0 aliphatic carbocycles. The molecule has 0 spiro atoms. The van der Waals surface area contributed by atoms with Crippen LogP contribution >= 0.6 is 11.3 Å². The fourth-order valence-corrected chi connectivity index (χ4v) is 4.20. The van der Waals surface area contributed by atoms with Crippen molar-refractivity contribution >= 4 is 22.9 Å². The van der Waals surface area contributed by atoms with E-state index in [0.29, 0.717) is 13.1 Å². The molecule has 1 amide bonds. The van der Waals surface area contributed by atoms with Crippen molar-refractivity contribution in [2.75, 3.05) is 19.0 Å². The van der Waals surface area contributed by atoms with Gasteiger partial charge in [0.25, 0.3) is 0 Å². The number of nitrogens with one attached hydrogen (secondary N) is 1. The van der Waals surface area contributed by atoms with Gasteiger partial charge < -0.3 is 10.1 Å². The second-order valence-electron chi connectivity index (χ2n) is 7.05. The molecule has 0 saturated heterocycles. The lowest BCUT2D eigenvalue weighted by Gasteiger charge is -2.23. The molecule has 0 aliphatic heterocycles. The minimum absolute atomic E-state index is 0.000420. The molecule has 0 unspecified atom stereocenters. The number of nitrogens with zero attached hydrogens (tertiary/aromatic N) is 1. The first-order valence-electron chi connectivity index (χ1n) is 9.85. The summed E-state index contributed by atoms with van der Waals surface area (Å²) in [5.41, 5.74) is 4.26. The van der Waals surface area contributed by atoms with E-state index in [0.717, 1.165) is 41.1 Å². The third kappa shape index (κ3) is 5.68. The van der Waals surface area contributed by atoms with Crippen LogP contribution in [0.25, 0.3) is 0 Å². The molecule has 29 heavy (non-hydrogen) atoms. The quantitative estimate of drug-likeness (QED) is 0.524. The molecule has 1 heterocycles. The van der Waals surface area contributed by atoms with Crippen LogP contribution in [0.4, 0.5) is 5.69 Å². The molecule has 3 aromatic rings. The van der Waals surface area contributed by atoms with E-state index in [1.807, 2.05) is 43.3 Å².